The largest absolute Gasteiger partial charge is 0.452 e. The molecule has 0 amide bonds. The summed E-state index contributed by atoms with van der Waals surface area (Å²) >= 11 is 3.36. The van der Waals surface area contributed by atoms with E-state index in [1.165, 1.54) is 42.5 Å². The molecule has 0 radical (unpaired) electrons. The maximum Gasteiger partial charge on any atom is 0.387 e. The van der Waals surface area contributed by atoms with Gasteiger partial charge in [-0.2, -0.15) is 8.78 Å². The molecular formula is C25H13BrF2O6. The van der Waals surface area contributed by atoms with Gasteiger partial charge in [0.25, 0.3) is 0 Å². The quantitative estimate of drug-likeness (QED) is 0.165. The molecule has 1 aliphatic heterocycles. The normalized spacial score (nSPS) is 13.9. The predicted molar refractivity (Wildman–Crippen MR) is 121 cm³/mol. The van der Waals surface area contributed by atoms with Crippen molar-refractivity contribution in [2.45, 2.75) is 6.61 Å². The number of furan rings is 1. The molecule has 0 unspecified atom stereocenters. The lowest BCUT2D eigenvalue weighted by Gasteiger charge is -2.08. The van der Waals surface area contributed by atoms with Crippen LogP contribution < -0.4 is 14.2 Å². The third kappa shape index (κ3) is 4.29. The number of rotatable bonds is 5. The van der Waals surface area contributed by atoms with E-state index in [9.17, 15) is 18.4 Å². The molecule has 170 valence electrons. The van der Waals surface area contributed by atoms with Crippen molar-refractivity contribution in [1.29, 1.82) is 0 Å². The Bertz CT molecular complexity index is 1470. The summed E-state index contributed by atoms with van der Waals surface area (Å²) in [6.07, 6.45) is 1.32. The van der Waals surface area contributed by atoms with Gasteiger partial charge in [0.15, 0.2) is 5.76 Å². The van der Waals surface area contributed by atoms with E-state index in [4.69, 9.17) is 13.9 Å². The molecule has 6 nitrogen and oxygen atoms in total. The third-order valence-corrected chi connectivity index (χ3v) is 5.45. The number of para-hydroxylation sites is 1. The van der Waals surface area contributed by atoms with Gasteiger partial charge >= 0.3 is 12.6 Å². The van der Waals surface area contributed by atoms with Gasteiger partial charge in [-0.05, 0) is 48.5 Å². The number of carbonyl (C=O) groups is 2. The lowest BCUT2D eigenvalue weighted by molar-refractivity contribution is -0.0500. The first-order valence-corrected chi connectivity index (χ1v) is 10.7. The van der Waals surface area contributed by atoms with Crippen LogP contribution in [0, 0.1) is 0 Å². The van der Waals surface area contributed by atoms with Gasteiger partial charge in [-0.1, -0.05) is 34.1 Å². The first-order valence-electron chi connectivity index (χ1n) is 9.91. The fourth-order valence-corrected chi connectivity index (χ4v) is 3.83. The summed E-state index contributed by atoms with van der Waals surface area (Å²) in [4.78, 5) is 25.2. The summed E-state index contributed by atoms with van der Waals surface area (Å²) in [5.41, 5.74) is 1.03. The van der Waals surface area contributed by atoms with Crippen molar-refractivity contribution < 1.29 is 37.0 Å². The fourth-order valence-electron chi connectivity index (χ4n) is 3.45. The Morgan fingerprint density at radius 2 is 1.85 bits per heavy atom. The molecule has 0 fully saturated rings. The highest BCUT2D eigenvalue weighted by Crippen LogP contribution is 2.36. The zero-order chi connectivity index (χ0) is 23.8. The Balaban J connectivity index is 1.37. The molecule has 0 saturated carbocycles. The van der Waals surface area contributed by atoms with Crippen LogP contribution in [0.5, 0.6) is 17.2 Å². The average Bonchev–Trinajstić information content (AvgIpc) is 3.35. The summed E-state index contributed by atoms with van der Waals surface area (Å²) in [6, 6.07) is 17.2. The molecule has 0 aliphatic carbocycles. The Kier molecular flexibility index (Phi) is 5.62. The van der Waals surface area contributed by atoms with E-state index in [1.807, 2.05) is 6.07 Å². The zero-order valence-electron chi connectivity index (χ0n) is 17.1. The minimum Gasteiger partial charge on any atom is -0.452 e. The maximum absolute atomic E-state index is 12.7. The van der Waals surface area contributed by atoms with Crippen molar-refractivity contribution in [3.63, 3.8) is 0 Å². The number of ketones is 1. The Labute approximate surface area is 199 Å². The van der Waals surface area contributed by atoms with E-state index in [0.717, 1.165) is 9.86 Å². The predicted octanol–water partition coefficient (Wildman–Crippen LogP) is 6.63. The maximum atomic E-state index is 12.7. The van der Waals surface area contributed by atoms with Crippen LogP contribution in [-0.4, -0.2) is 18.4 Å². The van der Waals surface area contributed by atoms with Crippen LogP contribution in [0.15, 0.2) is 81.4 Å². The molecule has 1 aromatic heterocycles. The highest BCUT2D eigenvalue weighted by molar-refractivity contribution is 9.10. The number of hydrogen-bond donors (Lipinski definition) is 0. The minimum atomic E-state index is -3.01. The number of allylic oxidation sites excluding steroid dienone is 1. The Morgan fingerprint density at radius 1 is 1.03 bits per heavy atom. The standard InChI is InChI=1S/C25H13BrF2O6/c26-15-5-8-19-14(9-15)11-22(32-19)24(30)31-16-6-7-17-20(12-16)33-21(23(17)29)10-13-3-1-2-4-18(13)34-25(27)28/h1-12,25H/b21-10-. The van der Waals surface area contributed by atoms with E-state index in [-0.39, 0.29) is 39.9 Å². The van der Waals surface area contributed by atoms with Crippen LogP contribution in [0.1, 0.15) is 26.5 Å². The molecule has 0 bridgehead atoms. The topological polar surface area (TPSA) is 75.0 Å². The van der Waals surface area contributed by atoms with Crippen LogP contribution >= 0.6 is 15.9 Å². The molecule has 9 heteroatoms. The molecule has 2 heterocycles. The van der Waals surface area contributed by atoms with E-state index < -0.39 is 18.4 Å². The summed E-state index contributed by atoms with van der Waals surface area (Å²) in [6.45, 7) is -3.01. The summed E-state index contributed by atoms with van der Waals surface area (Å²) in [5, 5.41) is 0.732. The van der Waals surface area contributed by atoms with Crippen molar-refractivity contribution in [2.75, 3.05) is 0 Å². The zero-order valence-corrected chi connectivity index (χ0v) is 18.7. The van der Waals surface area contributed by atoms with Gasteiger partial charge in [0.2, 0.25) is 11.5 Å². The second kappa shape index (κ2) is 8.75. The monoisotopic (exact) mass is 526 g/mol. The third-order valence-electron chi connectivity index (χ3n) is 4.95. The highest BCUT2D eigenvalue weighted by Gasteiger charge is 2.29. The molecule has 0 atom stereocenters. The van der Waals surface area contributed by atoms with Gasteiger partial charge in [-0.25, -0.2) is 4.79 Å². The van der Waals surface area contributed by atoms with Crippen molar-refractivity contribution in [3.05, 3.63) is 93.8 Å². The molecule has 1 aliphatic rings. The van der Waals surface area contributed by atoms with Gasteiger partial charge < -0.3 is 18.6 Å². The lowest BCUT2D eigenvalue weighted by Crippen LogP contribution is -2.07. The van der Waals surface area contributed by atoms with Crippen molar-refractivity contribution in [1.82, 2.24) is 0 Å². The van der Waals surface area contributed by atoms with E-state index >= 15 is 0 Å². The number of halogens is 3. The van der Waals surface area contributed by atoms with E-state index in [1.54, 1.807) is 24.3 Å². The number of fused-ring (bicyclic) bond motifs is 2. The van der Waals surface area contributed by atoms with Gasteiger partial charge in [0.05, 0.1) is 5.56 Å². The van der Waals surface area contributed by atoms with Crippen LogP contribution in [-0.2, 0) is 0 Å². The van der Waals surface area contributed by atoms with Gasteiger partial charge in [0, 0.05) is 21.5 Å². The number of Topliss-reactive ketones (excluding diaryl/α,β-unsaturated/α-hetero) is 1. The summed E-state index contributed by atoms with van der Waals surface area (Å²) in [7, 11) is 0. The Hall–Kier alpha value is -3.98. The number of esters is 1. The van der Waals surface area contributed by atoms with Crippen molar-refractivity contribution in [2.24, 2.45) is 0 Å². The lowest BCUT2D eigenvalue weighted by atomic mass is 10.1. The second-order valence-electron chi connectivity index (χ2n) is 7.20. The smallest absolute Gasteiger partial charge is 0.387 e. The SMILES string of the molecule is O=C(Oc1ccc2c(c1)O/C(=C\c1ccccc1OC(F)F)C2=O)c1cc2cc(Br)ccc2o1. The van der Waals surface area contributed by atoms with Gasteiger partial charge in [0.1, 0.15) is 22.8 Å². The first-order chi connectivity index (χ1) is 16.4. The molecule has 0 N–H and O–H groups in total. The van der Waals surface area contributed by atoms with E-state index in [0.29, 0.717) is 5.58 Å². The molecule has 4 aromatic rings. The molecule has 0 spiro atoms. The van der Waals surface area contributed by atoms with E-state index in [2.05, 4.69) is 20.7 Å². The van der Waals surface area contributed by atoms with Crippen molar-refractivity contribution >= 4 is 44.7 Å². The number of benzene rings is 3. The van der Waals surface area contributed by atoms with Gasteiger partial charge in [-0.3, -0.25) is 4.79 Å². The molecule has 0 saturated heterocycles. The fraction of sp³-hybridized carbons (Fsp3) is 0.0400. The van der Waals surface area contributed by atoms with Crippen LogP contribution in [0.25, 0.3) is 17.0 Å². The molecular weight excluding hydrogens is 514 g/mol. The highest BCUT2D eigenvalue weighted by atomic mass is 79.9. The van der Waals surface area contributed by atoms with Crippen LogP contribution in [0.4, 0.5) is 8.78 Å². The summed E-state index contributed by atoms with van der Waals surface area (Å²) < 4.78 is 47.2. The Morgan fingerprint density at radius 3 is 2.68 bits per heavy atom. The molecule has 5 rings (SSSR count). The molecule has 34 heavy (non-hydrogen) atoms. The number of carbonyl (C=O) groups excluding carboxylic acids is 2. The van der Waals surface area contributed by atoms with Gasteiger partial charge in [-0.15, -0.1) is 0 Å². The second-order valence-corrected chi connectivity index (χ2v) is 8.11. The average molecular weight is 527 g/mol. The molecule has 3 aromatic carbocycles. The number of alkyl halides is 2. The number of ether oxygens (including phenoxy) is 3. The first kappa shape index (κ1) is 21.8. The van der Waals surface area contributed by atoms with Crippen molar-refractivity contribution in [3.8, 4) is 17.2 Å². The number of hydrogen-bond acceptors (Lipinski definition) is 6. The van der Waals surface area contributed by atoms with Crippen LogP contribution in [0.3, 0.4) is 0 Å². The van der Waals surface area contributed by atoms with Crippen LogP contribution in [0.2, 0.25) is 0 Å². The summed E-state index contributed by atoms with van der Waals surface area (Å²) in [5.74, 6) is -1.01. The minimum absolute atomic E-state index is 0.0156.